The second-order valence-electron chi connectivity index (χ2n) is 5.71. The van der Waals surface area contributed by atoms with Crippen molar-refractivity contribution in [2.24, 2.45) is 5.10 Å². The van der Waals surface area contributed by atoms with Crippen molar-refractivity contribution in [1.82, 2.24) is 14.8 Å². The SMILES string of the molecule is CCN1CCC/C1=C/C=C1/C(=O)N(C(C)=O)N=C1C(=O)N(C)C. The summed E-state index contributed by atoms with van der Waals surface area (Å²) >= 11 is 0. The lowest BCUT2D eigenvalue weighted by molar-refractivity contribution is -0.140. The van der Waals surface area contributed by atoms with Gasteiger partial charge in [0.05, 0.1) is 5.57 Å². The Bertz CT molecular complexity index is 631. The number of amides is 3. The van der Waals surface area contributed by atoms with Gasteiger partial charge in [-0.1, -0.05) is 0 Å². The van der Waals surface area contributed by atoms with E-state index in [4.69, 9.17) is 0 Å². The van der Waals surface area contributed by atoms with Crippen molar-refractivity contribution in [2.75, 3.05) is 27.2 Å². The van der Waals surface area contributed by atoms with Crippen LogP contribution in [0.4, 0.5) is 0 Å². The number of imide groups is 1. The standard InChI is InChI=1S/C16H22N4O3/c1-5-19-10-6-7-12(19)8-9-13-14(16(23)18(3)4)17-20(11(2)21)15(13)22/h8-9H,5-7,10H2,1-4H3/b12-8-,13-9+. The molecule has 2 rings (SSSR count). The van der Waals surface area contributed by atoms with Crippen LogP contribution in [-0.2, 0) is 14.4 Å². The third-order valence-corrected chi connectivity index (χ3v) is 3.88. The van der Waals surface area contributed by atoms with Gasteiger partial charge in [0.1, 0.15) is 0 Å². The molecule has 0 aliphatic carbocycles. The quantitative estimate of drug-likeness (QED) is 0.720. The fourth-order valence-corrected chi connectivity index (χ4v) is 2.63. The first-order valence-electron chi connectivity index (χ1n) is 7.68. The van der Waals surface area contributed by atoms with E-state index in [9.17, 15) is 14.4 Å². The van der Waals surface area contributed by atoms with Gasteiger partial charge in [0, 0.05) is 39.8 Å². The minimum Gasteiger partial charge on any atom is -0.375 e. The van der Waals surface area contributed by atoms with Crippen molar-refractivity contribution < 1.29 is 14.4 Å². The predicted octanol–water partition coefficient (Wildman–Crippen LogP) is 0.745. The van der Waals surface area contributed by atoms with Crippen LogP contribution in [0.15, 0.2) is 28.5 Å². The molecule has 0 aromatic heterocycles. The third-order valence-electron chi connectivity index (χ3n) is 3.88. The monoisotopic (exact) mass is 318 g/mol. The number of rotatable bonds is 3. The van der Waals surface area contributed by atoms with Gasteiger partial charge in [0.2, 0.25) is 5.91 Å². The molecule has 1 fully saturated rings. The second kappa shape index (κ2) is 6.76. The van der Waals surface area contributed by atoms with E-state index in [2.05, 4.69) is 16.9 Å². The van der Waals surface area contributed by atoms with Gasteiger partial charge in [-0.2, -0.15) is 10.1 Å². The van der Waals surface area contributed by atoms with Gasteiger partial charge in [-0.25, -0.2) is 0 Å². The molecule has 7 heteroatoms. The van der Waals surface area contributed by atoms with Crippen molar-refractivity contribution in [2.45, 2.75) is 26.7 Å². The highest BCUT2D eigenvalue weighted by atomic mass is 16.2. The van der Waals surface area contributed by atoms with Crippen LogP contribution in [-0.4, -0.2) is 65.4 Å². The van der Waals surface area contributed by atoms with Crippen molar-refractivity contribution in [3.05, 3.63) is 23.4 Å². The van der Waals surface area contributed by atoms with E-state index < -0.39 is 17.7 Å². The molecule has 124 valence electrons. The molecule has 0 spiro atoms. The van der Waals surface area contributed by atoms with Gasteiger partial charge in [0.25, 0.3) is 11.8 Å². The smallest absolute Gasteiger partial charge is 0.283 e. The molecule has 0 bridgehead atoms. The van der Waals surface area contributed by atoms with Crippen molar-refractivity contribution in [3.8, 4) is 0 Å². The minimum absolute atomic E-state index is 0.00750. The number of nitrogens with zero attached hydrogens (tertiary/aromatic N) is 4. The predicted molar refractivity (Wildman–Crippen MR) is 86.3 cm³/mol. The first-order valence-corrected chi connectivity index (χ1v) is 7.68. The number of hydrazone groups is 1. The van der Waals surface area contributed by atoms with Crippen LogP contribution in [0.25, 0.3) is 0 Å². The van der Waals surface area contributed by atoms with Gasteiger partial charge >= 0.3 is 0 Å². The summed E-state index contributed by atoms with van der Waals surface area (Å²) < 4.78 is 0. The number of carbonyl (C=O) groups excluding carboxylic acids is 3. The minimum atomic E-state index is -0.555. The Morgan fingerprint density at radius 3 is 2.57 bits per heavy atom. The summed E-state index contributed by atoms with van der Waals surface area (Å²) in [5.74, 6) is -1.46. The van der Waals surface area contributed by atoms with Gasteiger partial charge in [-0.3, -0.25) is 14.4 Å². The lowest BCUT2D eigenvalue weighted by Crippen LogP contribution is -2.31. The first kappa shape index (κ1) is 16.9. The van der Waals surface area contributed by atoms with Crippen LogP contribution in [0.2, 0.25) is 0 Å². The van der Waals surface area contributed by atoms with E-state index in [-0.39, 0.29) is 11.3 Å². The summed E-state index contributed by atoms with van der Waals surface area (Å²) in [7, 11) is 3.16. The molecule has 2 heterocycles. The van der Waals surface area contributed by atoms with Gasteiger partial charge in [-0.05, 0) is 31.9 Å². The maximum atomic E-state index is 12.3. The maximum Gasteiger partial charge on any atom is 0.283 e. The number of hydrogen-bond acceptors (Lipinski definition) is 5. The lowest BCUT2D eigenvalue weighted by atomic mass is 10.1. The molecule has 0 atom stereocenters. The van der Waals surface area contributed by atoms with Crippen molar-refractivity contribution in [1.29, 1.82) is 0 Å². The van der Waals surface area contributed by atoms with Crippen LogP contribution in [0.1, 0.15) is 26.7 Å². The van der Waals surface area contributed by atoms with E-state index in [1.807, 2.05) is 6.08 Å². The van der Waals surface area contributed by atoms with E-state index in [0.717, 1.165) is 36.6 Å². The molecule has 23 heavy (non-hydrogen) atoms. The molecule has 0 saturated carbocycles. The van der Waals surface area contributed by atoms with Crippen molar-refractivity contribution in [3.63, 3.8) is 0 Å². The van der Waals surface area contributed by atoms with Crippen LogP contribution in [0, 0.1) is 0 Å². The highest BCUT2D eigenvalue weighted by Gasteiger charge is 2.36. The number of carbonyl (C=O) groups is 3. The average molecular weight is 318 g/mol. The molecular formula is C16H22N4O3. The summed E-state index contributed by atoms with van der Waals surface area (Å²) in [6.45, 7) is 5.22. The fourth-order valence-electron chi connectivity index (χ4n) is 2.63. The molecule has 0 N–H and O–H groups in total. The molecule has 0 aromatic rings. The van der Waals surface area contributed by atoms with Gasteiger partial charge in [-0.15, -0.1) is 0 Å². The number of allylic oxidation sites excluding steroid dienone is 3. The third kappa shape index (κ3) is 3.33. The zero-order chi connectivity index (χ0) is 17.1. The summed E-state index contributed by atoms with van der Waals surface area (Å²) in [5, 5.41) is 4.65. The van der Waals surface area contributed by atoms with Crippen LogP contribution in [0.3, 0.4) is 0 Å². The Hall–Kier alpha value is -2.44. The summed E-state index contributed by atoms with van der Waals surface area (Å²) in [6.07, 6.45) is 5.48. The van der Waals surface area contributed by atoms with E-state index in [1.165, 1.54) is 11.8 Å². The first-order chi connectivity index (χ1) is 10.9. The van der Waals surface area contributed by atoms with Gasteiger partial charge in [0.15, 0.2) is 5.71 Å². The van der Waals surface area contributed by atoms with E-state index in [0.29, 0.717) is 0 Å². The van der Waals surface area contributed by atoms with Crippen LogP contribution in [0.5, 0.6) is 0 Å². The Morgan fingerprint density at radius 1 is 1.30 bits per heavy atom. The molecule has 1 saturated heterocycles. The molecule has 3 amide bonds. The Labute approximate surface area is 135 Å². The molecule has 2 aliphatic heterocycles. The summed E-state index contributed by atoms with van der Waals surface area (Å²) in [4.78, 5) is 39.7. The Balaban J connectivity index is 2.37. The molecule has 0 aromatic carbocycles. The lowest BCUT2D eigenvalue weighted by Gasteiger charge is -2.16. The Kier molecular flexibility index (Phi) is 4.98. The highest BCUT2D eigenvalue weighted by molar-refractivity contribution is 6.53. The molecule has 0 radical (unpaired) electrons. The number of hydrogen-bond donors (Lipinski definition) is 0. The second-order valence-corrected chi connectivity index (χ2v) is 5.71. The molecule has 7 nitrogen and oxygen atoms in total. The summed E-state index contributed by atoms with van der Waals surface area (Å²) in [5.41, 5.74) is 1.30. The zero-order valence-corrected chi connectivity index (χ0v) is 14.0. The van der Waals surface area contributed by atoms with Gasteiger partial charge < -0.3 is 9.80 Å². The largest absolute Gasteiger partial charge is 0.375 e. The van der Waals surface area contributed by atoms with Crippen molar-refractivity contribution >= 4 is 23.4 Å². The number of likely N-dealkylation sites (tertiary alicyclic amines) is 1. The zero-order valence-electron chi connectivity index (χ0n) is 14.0. The van der Waals surface area contributed by atoms with Crippen LogP contribution >= 0.6 is 0 Å². The molecular weight excluding hydrogens is 296 g/mol. The van der Waals surface area contributed by atoms with Crippen LogP contribution < -0.4 is 0 Å². The average Bonchev–Trinajstić information content (AvgIpc) is 3.08. The summed E-state index contributed by atoms with van der Waals surface area (Å²) in [6, 6.07) is 0. The molecule has 0 unspecified atom stereocenters. The fraction of sp³-hybridized carbons (Fsp3) is 0.500. The highest BCUT2D eigenvalue weighted by Crippen LogP contribution is 2.22. The normalized spacial score (nSPS) is 21.4. The Morgan fingerprint density at radius 2 is 2.00 bits per heavy atom. The molecule has 2 aliphatic rings. The maximum absolute atomic E-state index is 12.3. The van der Waals surface area contributed by atoms with E-state index >= 15 is 0 Å². The van der Waals surface area contributed by atoms with E-state index in [1.54, 1.807) is 20.2 Å². The topological polar surface area (TPSA) is 73.3 Å².